The molecule has 2 aliphatic rings. The van der Waals surface area contributed by atoms with Gasteiger partial charge in [0, 0.05) is 19.1 Å². The number of amides is 1. The predicted octanol–water partition coefficient (Wildman–Crippen LogP) is 2.13. The van der Waals surface area contributed by atoms with Crippen molar-refractivity contribution in [1.82, 2.24) is 5.32 Å². The molecule has 6 nitrogen and oxygen atoms in total. The smallest absolute Gasteiger partial charge is 0.239 e. The number of methoxy groups -OCH3 is 1. The summed E-state index contributed by atoms with van der Waals surface area (Å²) in [5, 5.41) is 3.03. The Morgan fingerprint density at radius 2 is 2.00 bits per heavy atom. The molecule has 1 aliphatic heterocycles. The summed E-state index contributed by atoms with van der Waals surface area (Å²) in [4.78, 5) is 12.2. The third-order valence-electron chi connectivity index (χ3n) is 5.08. The number of ether oxygens (including phenoxy) is 3. The standard InChI is InChI=1S/C18H26N2O4.ClH/c1-22-10-14(19)17(21)20-11-18(7-3-2-4-8-18)13-5-6-15-16(9-13)24-12-23-15;/h5-6,9,14H,2-4,7-8,10-12,19H2,1H3,(H,20,21);1H. The molecule has 0 aromatic heterocycles. The predicted molar refractivity (Wildman–Crippen MR) is 97.4 cm³/mol. The number of hydrogen-bond donors (Lipinski definition) is 2. The minimum atomic E-state index is -0.632. The molecule has 0 spiro atoms. The van der Waals surface area contributed by atoms with Crippen molar-refractivity contribution in [3.8, 4) is 11.5 Å². The van der Waals surface area contributed by atoms with Crippen LogP contribution in [0.15, 0.2) is 18.2 Å². The minimum Gasteiger partial charge on any atom is -0.454 e. The molecule has 1 atom stereocenters. The first-order chi connectivity index (χ1) is 11.6. The number of benzene rings is 1. The van der Waals surface area contributed by atoms with Crippen LogP contribution in [-0.4, -0.2) is 39.0 Å². The van der Waals surface area contributed by atoms with Crippen molar-refractivity contribution in [1.29, 1.82) is 0 Å². The number of carbonyl (C=O) groups excluding carboxylic acids is 1. The number of fused-ring (bicyclic) bond motifs is 1. The van der Waals surface area contributed by atoms with Crippen molar-refractivity contribution >= 4 is 18.3 Å². The molecule has 1 aromatic rings. The van der Waals surface area contributed by atoms with Crippen LogP contribution in [0.3, 0.4) is 0 Å². The summed E-state index contributed by atoms with van der Waals surface area (Å²) in [6, 6.07) is 5.49. The highest BCUT2D eigenvalue weighted by Gasteiger charge is 2.35. The van der Waals surface area contributed by atoms with Gasteiger partial charge in [-0.2, -0.15) is 0 Å². The van der Waals surface area contributed by atoms with Gasteiger partial charge in [-0.15, -0.1) is 12.4 Å². The molecule has 1 heterocycles. The van der Waals surface area contributed by atoms with Crippen LogP contribution in [0, 0.1) is 0 Å². The zero-order valence-electron chi connectivity index (χ0n) is 14.6. The second kappa shape index (κ2) is 8.74. The Hall–Kier alpha value is -1.50. The molecule has 3 N–H and O–H groups in total. The lowest BCUT2D eigenvalue weighted by molar-refractivity contribution is -0.123. The maximum Gasteiger partial charge on any atom is 0.239 e. The van der Waals surface area contributed by atoms with Gasteiger partial charge in [-0.1, -0.05) is 25.3 Å². The van der Waals surface area contributed by atoms with Gasteiger partial charge in [-0.3, -0.25) is 4.79 Å². The molecule has 1 saturated carbocycles. The van der Waals surface area contributed by atoms with Crippen LogP contribution < -0.4 is 20.5 Å². The second-order valence-corrected chi connectivity index (χ2v) is 6.69. The monoisotopic (exact) mass is 370 g/mol. The van der Waals surface area contributed by atoms with Gasteiger partial charge in [0.05, 0.1) is 6.61 Å². The number of nitrogens with one attached hydrogen (secondary N) is 1. The normalized spacial score (nSPS) is 19.0. The first kappa shape index (κ1) is 19.8. The Labute approximate surface area is 154 Å². The Bertz CT molecular complexity index is 590. The van der Waals surface area contributed by atoms with E-state index < -0.39 is 6.04 Å². The van der Waals surface area contributed by atoms with Crippen molar-refractivity contribution in [2.45, 2.75) is 43.6 Å². The van der Waals surface area contributed by atoms with Crippen LogP contribution in [-0.2, 0) is 14.9 Å². The van der Waals surface area contributed by atoms with Crippen LogP contribution in [0.2, 0.25) is 0 Å². The third-order valence-corrected chi connectivity index (χ3v) is 5.08. The van der Waals surface area contributed by atoms with E-state index in [2.05, 4.69) is 17.4 Å². The fourth-order valence-electron chi connectivity index (χ4n) is 3.67. The SMILES string of the molecule is COCC(N)C(=O)NCC1(c2ccc3c(c2)OCO3)CCCCC1.Cl. The van der Waals surface area contributed by atoms with Crippen LogP contribution in [0.4, 0.5) is 0 Å². The van der Waals surface area contributed by atoms with Crippen LogP contribution in [0.1, 0.15) is 37.7 Å². The van der Waals surface area contributed by atoms with Crippen molar-refractivity contribution in [3.05, 3.63) is 23.8 Å². The van der Waals surface area contributed by atoms with Crippen LogP contribution in [0.5, 0.6) is 11.5 Å². The summed E-state index contributed by atoms with van der Waals surface area (Å²) in [7, 11) is 1.54. The molecule has 1 fully saturated rings. The van der Waals surface area contributed by atoms with Crippen LogP contribution in [0.25, 0.3) is 0 Å². The Kier molecular flexibility index (Phi) is 6.93. The molecular formula is C18H27ClN2O4. The summed E-state index contributed by atoms with van der Waals surface area (Å²) >= 11 is 0. The Morgan fingerprint density at radius 3 is 2.72 bits per heavy atom. The summed E-state index contributed by atoms with van der Waals surface area (Å²) in [5.41, 5.74) is 6.96. The van der Waals surface area contributed by atoms with Crippen LogP contribution >= 0.6 is 12.4 Å². The molecule has 1 amide bonds. The van der Waals surface area contributed by atoms with Gasteiger partial charge in [0.1, 0.15) is 6.04 Å². The fraction of sp³-hybridized carbons (Fsp3) is 0.611. The van der Waals surface area contributed by atoms with E-state index in [1.54, 1.807) is 7.11 Å². The van der Waals surface area contributed by atoms with Crippen molar-refractivity contribution < 1.29 is 19.0 Å². The number of halogens is 1. The quantitative estimate of drug-likeness (QED) is 0.801. The van der Waals surface area contributed by atoms with E-state index >= 15 is 0 Å². The zero-order valence-corrected chi connectivity index (χ0v) is 15.4. The molecule has 0 bridgehead atoms. The van der Waals surface area contributed by atoms with Gasteiger partial charge in [0.25, 0.3) is 0 Å². The molecule has 0 radical (unpaired) electrons. The largest absolute Gasteiger partial charge is 0.454 e. The van der Waals surface area contributed by atoms with E-state index in [9.17, 15) is 4.79 Å². The summed E-state index contributed by atoms with van der Waals surface area (Å²) in [6.45, 7) is 1.08. The first-order valence-corrected chi connectivity index (χ1v) is 8.57. The van der Waals surface area contributed by atoms with E-state index in [0.29, 0.717) is 6.54 Å². The van der Waals surface area contributed by atoms with Gasteiger partial charge in [-0.05, 0) is 30.5 Å². The van der Waals surface area contributed by atoms with Crippen molar-refractivity contribution in [3.63, 3.8) is 0 Å². The molecule has 1 aliphatic carbocycles. The van der Waals surface area contributed by atoms with E-state index in [0.717, 1.165) is 37.2 Å². The van der Waals surface area contributed by atoms with E-state index in [1.807, 2.05) is 6.07 Å². The van der Waals surface area contributed by atoms with E-state index in [1.165, 1.54) is 12.0 Å². The summed E-state index contributed by atoms with van der Waals surface area (Å²) in [5.74, 6) is 1.42. The molecule has 25 heavy (non-hydrogen) atoms. The average molecular weight is 371 g/mol. The Balaban J connectivity index is 0.00000225. The second-order valence-electron chi connectivity index (χ2n) is 6.69. The first-order valence-electron chi connectivity index (χ1n) is 8.57. The molecule has 7 heteroatoms. The molecule has 1 aromatic carbocycles. The highest BCUT2D eigenvalue weighted by atomic mass is 35.5. The average Bonchev–Trinajstić information content (AvgIpc) is 3.08. The third kappa shape index (κ3) is 4.37. The van der Waals surface area contributed by atoms with Gasteiger partial charge in [-0.25, -0.2) is 0 Å². The molecule has 1 unspecified atom stereocenters. The number of carbonyl (C=O) groups is 1. The maximum atomic E-state index is 12.2. The van der Waals surface area contributed by atoms with Gasteiger partial charge >= 0.3 is 0 Å². The summed E-state index contributed by atoms with van der Waals surface area (Å²) < 4.78 is 15.9. The molecule has 140 valence electrons. The topological polar surface area (TPSA) is 82.8 Å². The molecule has 0 saturated heterocycles. The van der Waals surface area contributed by atoms with E-state index in [4.69, 9.17) is 19.9 Å². The Morgan fingerprint density at radius 1 is 1.28 bits per heavy atom. The highest BCUT2D eigenvalue weighted by Crippen LogP contribution is 2.43. The van der Waals surface area contributed by atoms with Crippen molar-refractivity contribution in [2.24, 2.45) is 5.73 Å². The van der Waals surface area contributed by atoms with Gasteiger partial charge < -0.3 is 25.3 Å². The molecule has 3 rings (SSSR count). The number of rotatable bonds is 6. The molecular weight excluding hydrogens is 344 g/mol. The highest BCUT2D eigenvalue weighted by molar-refractivity contribution is 5.85. The van der Waals surface area contributed by atoms with Gasteiger partial charge in [0.2, 0.25) is 12.7 Å². The lowest BCUT2D eigenvalue weighted by atomic mass is 9.69. The maximum absolute atomic E-state index is 12.2. The number of hydrogen-bond acceptors (Lipinski definition) is 5. The lowest BCUT2D eigenvalue weighted by Crippen LogP contribution is -2.49. The lowest BCUT2D eigenvalue weighted by Gasteiger charge is -2.38. The minimum absolute atomic E-state index is 0. The zero-order chi connectivity index (χ0) is 17.0. The van der Waals surface area contributed by atoms with Crippen molar-refractivity contribution in [2.75, 3.05) is 27.1 Å². The number of nitrogens with two attached hydrogens (primary N) is 1. The van der Waals surface area contributed by atoms with E-state index in [-0.39, 0.29) is 37.1 Å². The summed E-state index contributed by atoms with van der Waals surface area (Å²) in [6.07, 6.45) is 5.66. The van der Waals surface area contributed by atoms with Gasteiger partial charge in [0.15, 0.2) is 11.5 Å². The fourth-order valence-corrected chi connectivity index (χ4v) is 3.67.